The normalized spacial score (nSPS) is 12.3. The van der Waals surface area contributed by atoms with E-state index in [1.807, 2.05) is 37.7 Å². The molecule has 1 unspecified atom stereocenters. The summed E-state index contributed by atoms with van der Waals surface area (Å²) in [6.45, 7) is 9.13. The molecule has 0 aromatic heterocycles. The lowest BCUT2D eigenvalue weighted by molar-refractivity contribution is 0.243. The highest BCUT2D eigenvalue weighted by Crippen LogP contribution is 2.24. The van der Waals surface area contributed by atoms with E-state index in [2.05, 4.69) is 30.5 Å². The molecule has 5 heteroatoms. The number of nitrogens with one attached hydrogen (secondary N) is 2. The second kappa shape index (κ2) is 9.74. The van der Waals surface area contributed by atoms with Gasteiger partial charge in [-0.05, 0) is 41.7 Å². The van der Waals surface area contributed by atoms with Gasteiger partial charge in [0.1, 0.15) is 0 Å². The van der Waals surface area contributed by atoms with Gasteiger partial charge in [0, 0.05) is 24.6 Å². The van der Waals surface area contributed by atoms with Crippen molar-refractivity contribution in [2.75, 3.05) is 18.5 Å². The zero-order valence-electron chi connectivity index (χ0n) is 14.0. The predicted octanol–water partition coefficient (Wildman–Crippen LogP) is 3.78. The molecule has 4 nitrogen and oxygen atoms in total. The van der Waals surface area contributed by atoms with Crippen LogP contribution in [0.2, 0.25) is 0 Å². The predicted molar refractivity (Wildman–Crippen MR) is 95.5 cm³/mol. The van der Waals surface area contributed by atoms with Crippen molar-refractivity contribution in [3.05, 3.63) is 29.3 Å². The number of carbonyl (C=O) groups is 1. The molecule has 0 saturated heterocycles. The van der Waals surface area contributed by atoms with E-state index in [1.54, 1.807) is 0 Å². The smallest absolute Gasteiger partial charge is 0.319 e. The second-order valence-electron chi connectivity index (χ2n) is 5.90. The quantitative estimate of drug-likeness (QED) is 0.682. The fourth-order valence-electron chi connectivity index (χ4n) is 1.99. The van der Waals surface area contributed by atoms with Crippen molar-refractivity contribution in [1.82, 2.24) is 5.32 Å². The van der Waals surface area contributed by atoms with E-state index in [0.717, 1.165) is 17.0 Å². The molecule has 3 N–H and O–H groups in total. The van der Waals surface area contributed by atoms with Crippen LogP contribution in [0.5, 0.6) is 0 Å². The van der Waals surface area contributed by atoms with Gasteiger partial charge >= 0.3 is 6.03 Å². The van der Waals surface area contributed by atoms with Crippen molar-refractivity contribution in [2.45, 2.75) is 45.1 Å². The van der Waals surface area contributed by atoms with Gasteiger partial charge in [0.05, 0.1) is 0 Å². The van der Waals surface area contributed by atoms with Gasteiger partial charge in [-0.15, -0.1) is 0 Å². The Hall–Kier alpha value is -1.20. The van der Waals surface area contributed by atoms with Crippen molar-refractivity contribution < 1.29 is 9.90 Å². The summed E-state index contributed by atoms with van der Waals surface area (Å²) in [5.74, 6) is 1.22. The first-order valence-electron chi connectivity index (χ1n) is 7.79. The van der Waals surface area contributed by atoms with Crippen LogP contribution in [0.3, 0.4) is 0 Å². The van der Waals surface area contributed by atoms with E-state index in [-0.39, 0.29) is 18.6 Å². The van der Waals surface area contributed by atoms with Crippen LogP contribution in [-0.4, -0.2) is 29.5 Å². The molecule has 0 fully saturated rings. The zero-order valence-corrected chi connectivity index (χ0v) is 14.8. The SMILES string of the molecule is Cc1c(CSC(C)C)cccc1NC(=O)NCC(C)CCO. The topological polar surface area (TPSA) is 61.4 Å². The van der Waals surface area contributed by atoms with Crippen LogP contribution >= 0.6 is 11.8 Å². The van der Waals surface area contributed by atoms with Crippen LogP contribution in [0.25, 0.3) is 0 Å². The maximum atomic E-state index is 12.0. The minimum Gasteiger partial charge on any atom is -0.396 e. The molecule has 0 radical (unpaired) electrons. The van der Waals surface area contributed by atoms with Gasteiger partial charge in [0.25, 0.3) is 0 Å². The lowest BCUT2D eigenvalue weighted by Gasteiger charge is -2.15. The molecule has 1 aromatic carbocycles. The Morgan fingerprint density at radius 2 is 2.05 bits per heavy atom. The molecule has 0 saturated carbocycles. The number of urea groups is 1. The number of hydrogen-bond acceptors (Lipinski definition) is 3. The van der Waals surface area contributed by atoms with Crippen molar-refractivity contribution in [3.63, 3.8) is 0 Å². The van der Waals surface area contributed by atoms with Crippen LogP contribution in [-0.2, 0) is 5.75 Å². The third kappa shape index (κ3) is 6.71. The molecular formula is C17H28N2O2S. The molecule has 0 heterocycles. The first kappa shape index (κ1) is 18.8. The number of hydrogen-bond donors (Lipinski definition) is 3. The van der Waals surface area contributed by atoms with Gasteiger partial charge in [-0.2, -0.15) is 11.8 Å². The van der Waals surface area contributed by atoms with Gasteiger partial charge in [-0.3, -0.25) is 0 Å². The molecule has 22 heavy (non-hydrogen) atoms. The summed E-state index contributed by atoms with van der Waals surface area (Å²) in [6.07, 6.45) is 0.696. The average Bonchev–Trinajstić information content (AvgIpc) is 2.46. The highest BCUT2D eigenvalue weighted by Gasteiger charge is 2.09. The average molecular weight is 324 g/mol. The van der Waals surface area contributed by atoms with Gasteiger partial charge in [0.2, 0.25) is 0 Å². The molecule has 0 aliphatic heterocycles. The molecule has 1 aromatic rings. The van der Waals surface area contributed by atoms with Gasteiger partial charge < -0.3 is 15.7 Å². The van der Waals surface area contributed by atoms with Crippen LogP contribution in [0.15, 0.2) is 18.2 Å². The number of carbonyl (C=O) groups excluding carboxylic acids is 1. The van der Waals surface area contributed by atoms with E-state index < -0.39 is 0 Å². The number of thioether (sulfide) groups is 1. The molecule has 1 atom stereocenters. The van der Waals surface area contributed by atoms with E-state index in [4.69, 9.17) is 5.11 Å². The fraction of sp³-hybridized carbons (Fsp3) is 0.588. The largest absolute Gasteiger partial charge is 0.396 e. The molecule has 0 aliphatic rings. The summed E-state index contributed by atoms with van der Waals surface area (Å²) in [6, 6.07) is 5.82. The highest BCUT2D eigenvalue weighted by molar-refractivity contribution is 7.99. The summed E-state index contributed by atoms with van der Waals surface area (Å²) in [5, 5.41) is 15.2. The Kier molecular flexibility index (Phi) is 8.35. The molecule has 0 aliphatic carbocycles. The first-order chi connectivity index (χ1) is 10.4. The van der Waals surface area contributed by atoms with Crippen molar-refractivity contribution in [3.8, 4) is 0 Å². The van der Waals surface area contributed by atoms with Gasteiger partial charge in [-0.1, -0.05) is 32.9 Å². The summed E-state index contributed by atoms with van der Waals surface area (Å²) >= 11 is 1.89. The number of anilines is 1. The van der Waals surface area contributed by atoms with Crippen molar-refractivity contribution >= 4 is 23.5 Å². The fourth-order valence-corrected chi connectivity index (χ4v) is 2.81. The number of rotatable bonds is 8. The van der Waals surface area contributed by atoms with E-state index in [1.165, 1.54) is 5.56 Å². The van der Waals surface area contributed by atoms with Crippen LogP contribution in [0.4, 0.5) is 10.5 Å². The standard InChI is InChI=1S/C17H28N2O2S/c1-12(2)22-11-15-6-5-7-16(14(15)4)19-17(21)18-10-13(3)8-9-20/h5-7,12-13,20H,8-11H2,1-4H3,(H2,18,19,21). The molecule has 124 valence electrons. The Morgan fingerprint density at radius 3 is 2.68 bits per heavy atom. The second-order valence-corrected chi connectivity index (χ2v) is 7.47. The lowest BCUT2D eigenvalue weighted by atomic mass is 10.1. The highest BCUT2D eigenvalue weighted by atomic mass is 32.2. The van der Waals surface area contributed by atoms with E-state index >= 15 is 0 Å². The minimum atomic E-state index is -0.193. The zero-order chi connectivity index (χ0) is 16.5. The lowest BCUT2D eigenvalue weighted by Crippen LogP contribution is -2.32. The Balaban J connectivity index is 2.57. The number of aliphatic hydroxyl groups excluding tert-OH is 1. The number of benzene rings is 1. The first-order valence-corrected chi connectivity index (χ1v) is 8.84. The van der Waals surface area contributed by atoms with Crippen LogP contribution < -0.4 is 10.6 Å². The minimum absolute atomic E-state index is 0.152. The van der Waals surface area contributed by atoms with Crippen LogP contribution in [0, 0.1) is 12.8 Å². The monoisotopic (exact) mass is 324 g/mol. The van der Waals surface area contributed by atoms with Gasteiger partial charge in [0.15, 0.2) is 0 Å². The van der Waals surface area contributed by atoms with Crippen molar-refractivity contribution in [2.24, 2.45) is 5.92 Å². The van der Waals surface area contributed by atoms with Gasteiger partial charge in [-0.25, -0.2) is 4.79 Å². The number of aliphatic hydroxyl groups is 1. The molecule has 0 spiro atoms. The maximum absolute atomic E-state index is 12.0. The Labute approximate surface area is 138 Å². The Bertz CT molecular complexity index is 478. The molecular weight excluding hydrogens is 296 g/mol. The van der Waals surface area contributed by atoms with Crippen LogP contribution in [0.1, 0.15) is 38.3 Å². The number of amides is 2. The Morgan fingerprint density at radius 1 is 1.32 bits per heavy atom. The third-order valence-electron chi connectivity index (χ3n) is 3.50. The molecule has 2 amide bonds. The van der Waals surface area contributed by atoms with E-state index in [9.17, 15) is 4.79 Å². The summed E-state index contributed by atoms with van der Waals surface area (Å²) < 4.78 is 0. The summed E-state index contributed by atoms with van der Waals surface area (Å²) in [7, 11) is 0. The van der Waals surface area contributed by atoms with Crippen molar-refractivity contribution in [1.29, 1.82) is 0 Å². The molecule has 1 rings (SSSR count). The maximum Gasteiger partial charge on any atom is 0.319 e. The third-order valence-corrected chi connectivity index (χ3v) is 4.64. The van der Waals surface area contributed by atoms with E-state index in [0.29, 0.717) is 18.2 Å². The summed E-state index contributed by atoms with van der Waals surface area (Å²) in [5.41, 5.74) is 3.23. The molecule has 0 bridgehead atoms. The summed E-state index contributed by atoms with van der Waals surface area (Å²) in [4.78, 5) is 12.0.